The maximum absolute atomic E-state index is 11.8. The smallest absolute Gasteiger partial charge is 0.380 e. The molecular weight excluding hydrogens is 219 g/mol. The molecule has 5 heteroatoms. The Morgan fingerprint density at radius 2 is 1.94 bits per heavy atom. The molecule has 1 atom stereocenters. The molecule has 0 saturated heterocycles. The minimum atomic E-state index is -4.06. The molecular formula is C11H22F3NO. The topological polar surface area (TPSA) is 21.3 Å². The van der Waals surface area contributed by atoms with E-state index in [1.54, 1.807) is 0 Å². The standard InChI is InChI=1S/C11H22F3NO/c1-3-6-10(15-4-2)9-16-8-5-7-11(12,13)14/h10,15H,3-9H2,1-2H3. The molecule has 1 N–H and O–H groups in total. The molecule has 0 aromatic rings. The van der Waals surface area contributed by atoms with E-state index in [4.69, 9.17) is 4.74 Å². The molecule has 0 bridgehead atoms. The summed E-state index contributed by atoms with van der Waals surface area (Å²) in [5, 5.41) is 3.24. The third kappa shape index (κ3) is 10.2. The van der Waals surface area contributed by atoms with Crippen LogP contribution in [-0.2, 0) is 4.74 Å². The number of halogens is 3. The summed E-state index contributed by atoms with van der Waals surface area (Å²) in [5.74, 6) is 0. The summed E-state index contributed by atoms with van der Waals surface area (Å²) in [6.07, 6.45) is -2.73. The molecule has 0 spiro atoms. The van der Waals surface area contributed by atoms with Crippen molar-refractivity contribution in [3.63, 3.8) is 0 Å². The van der Waals surface area contributed by atoms with E-state index in [-0.39, 0.29) is 19.1 Å². The molecule has 0 aliphatic rings. The maximum Gasteiger partial charge on any atom is 0.389 e. The molecule has 2 nitrogen and oxygen atoms in total. The number of ether oxygens (including phenoxy) is 1. The van der Waals surface area contributed by atoms with Crippen LogP contribution in [0.15, 0.2) is 0 Å². The van der Waals surface area contributed by atoms with Gasteiger partial charge in [-0.1, -0.05) is 20.3 Å². The average molecular weight is 241 g/mol. The predicted molar refractivity (Wildman–Crippen MR) is 58.5 cm³/mol. The Balaban J connectivity index is 3.46. The summed E-state index contributed by atoms with van der Waals surface area (Å²) in [4.78, 5) is 0. The molecule has 0 rings (SSSR count). The van der Waals surface area contributed by atoms with Crippen LogP contribution in [0.3, 0.4) is 0 Å². The lowest BCUT2D eigenvalue weighted by atomic mass is 10.2. The first-order chi connectivity index (χ1) is 7.49. The number of alkyl halides is 3. The average Bonchev–Trinajstić information content (AvgIpc) is 2.16. The van der Waals surface area contributed by atoms with Gasteiger partial charge in [-0.3, -0.25) is 0 Å². The van der Waals surface area contributed by atoms with Crippen molar-refractivity contribution >= 4 is 0 Å². The zero-order chi connectivity index (χ0) is 12.4. The molecule has 1 unspecified atom stereocenters. The van der Waals surface area contributed by atoms with Crippen molar-refractivity contribution < 1.29 is 17.9 Å². The van der Waals surface area contributed by atoms with Crippen molar-refractivity contribution in [2.45, 2.75) is 51.7 Å². The molecule has 0 saturated carbocycles. The molecule has 0 radical (unpaired) electrons. The number of likely N-dealkylation sites (N-methyl/N-ethyl adjacent to an activating group) is 1. The van der Waals surface area contributed by atoms with Crippen LogP contribution < -0.4 is 5.32 Å². The quantitative estimate of drug-likeness (QED) is 0.626. The highest BCUT2D eigenvalue weighted by Gasteiger charge is 2.25. The monoisotopic (exact) mass is 241 g/mol. The number of hydrogen-bond acceptors (Lipinski definition) is 2. The molecule has 0 aromatic heterocycles. The van der Waals surface area contributed by atoms with Crippen molar-refractivity contribution in [2.75, 3.05) is 19.8 Å². The molecule has 0 aromatic carbocycles. The summed E-state index contributed by atoms with van der Waals surface area (Å²) in [6.45, 7) is 5.63. The normalized spacial score (nSPS) is 14.1. The van der Waals surface area contributed by atoms with E-state index in [0.717, 1.165) is 19.4 Å². The van der Waals surface area contributed by atoms with Gasteiger partial charge in [0.2, 0.25) is 0 Å². The van der Waals surface area contributed by atoms with Gasteiger partial charge in [0.15, 0.2) is 0 Å². The van der Waals surface area contributed by atoms with Gasteiger partial charge in [-0.25, -0.2) is 0 Å². The van der Waals surface area contributed by atoms with Crippen LogP contribution in [0.25, 0.3) is 0 Å². The van der Waals surface area contributed by atoms with Crippen molar-refractivity contribution in [2.24, 2.45) is 0 Å². The first-order valence-corrected chi connectivity index (χ1v) is 5.87. The Morgan fingerprint density at radius 1 is 1.25 bits per heavy atom. The first kappa shape index (κ1) is 15.7. The van der Waals surface area contributed by atoms with Crippen LogP contribution >= 0.6 is 0 Å². The lowest BCUT2D eigenvalue weighted by Crippen LogP contribution is -2.33. The van der Waals surface area contributed by atoms with Crippen molar-refractivity contribution in [3.05, 3.63) is 0 Å². The molecule has 98 valence electrons. The van der Waals surface area contributed by atoms with Crippen molar-refractivity contribution in [1.82, 2.24) is 5.32 Å². The summed E-state index contributed by atoms with van der Waals surface area (Å²) >= 11 is 0. The molecule has 0 heterocycles. The predicted octanol–water partition coefficient (Wildman–Crippen LogP) is 3.12. The molecule has 0 amide bonds. The van der Waals surface area contributed by atoms with Gasteiger partial charge in [0, 0.05) is 19.1 Å². The SMILES string of the molecule is CCCC(COCCCC(F)(F)F)NCC. The lowest BCUT2D eigenvalue weighted by molar-refractivity contribution is -0.138. The van der Waals surface area contributed by atoms with Gasteiger partial charge in [-0.15, -0.1) is 0 Å². The fourth-order valence-corrected chi connectivity index (χ4v) is 1.48. The Kier molecular flexibility index (Phi) is 8.66. The minimum Gasteiger partial charge on any atom is -0.380 e. The van der Waals surface area contributed by atoms with E-state index in [1.807, 2.05) is 6.92 Å². The fourth-order valence-electron chi connectivity index (χ4n) is 1.48. The summed E-state index contributed by atoms with van der Waals surface area (Å²) in [7, 11) is 0. The number of rotatable bonds is 9. The van der Waals surface area contributed by atoms with Crippen LogP contribution in [0.4, 0.5) is 13.2 Å². The van der Waals surface area contributed by atoms with E-state index >= 15 is 0 Å². The van der Waals surface area contributed by atoms with Gasteiger partial charge >= 0.3 is 6.18 Å². The summed E-state index contributed by atoms with van der Waals surface area (Å²) < 4.78 is 40.7. The third-order valence-corrected chi connectivity index (χ3v) is 2.20. The second-order valence-electron chi connectivity index (χ2n) is 3.84. The molecule has 16 heavy (non-hydrogen) atoms. The van der Waals surface area contributed by atoms with E-state index in [0.29, 0.717) is 6.61 Å². The van der Waals surface area contributed by atoms with Crippen molar-refractivity contribution in [3.8, 4) is 0 Å². The Morgan fingerprint density at radius 3 is 2.44 bits per heavy atom. The largest absolute Gasteiger partial charge is 0.389 e. The number of hydrogen-bond donors (Lipinski definition) is 1. The highest BCUT2D eigenvalue weighted by molar-refractivity contribution is 4.64. The highest BCUT2D eigenvalue weighted by atomic mass is 19.4. The van der Waals surface area contributed by atoms with Crippen LogP contribution in [-0.4, -0.2) is 32.0 Å². The van der Waals surface area contributed by atoms with Gasteiger partial charge < -0.3 is 10.1 Å². The third-order valence-electron chi connectivity index (χ3n) is 2.20. The van der Waals surface area contributed by atoms with Crippen LogP contribution in [0.1, 0.15) is 39.5 Å². The van der Waals surface area contributed by atoms with Gasteiger partial charge in [-0.2, -0.15) is 13.2 Å². The number of nitrogens with one attached hydrogen (secondary N) is 1. The summed E-state index contributed by atoms with van der Waals surface area (Å²) in [5.41, 5.74) is 0. The highest BCUT2D eigenvalue weighted by Crippen LogP contribution is 2.20. The van der Waals surface area contributed by atoms with Gasteiger partial charge in [0.25, 0.3) is 0 Å². The van der Waals surface area contributed by atoms with Gasteiger partial charge in [-0.05, 0) is 19.4 Å². The van der Waals surface area contributed by atoms with Crippen molar-refractivity contribution in [1.29, 1.82) is 0 Å². The zero-order valence-corrected chi connectivity index (χ0v) is 10.1. The minimum absolute atomic E-state index is 0.0501. The molecule has 0 fully saturated rings. The van der Waals surface area contributed by atoms with Crippen LogP contribution in [0, 0.1) is 0 Å². The van der Waals surface area contributed by atoms with E-state index in [1.165, 1.54) is 0 Å². The molecule has 0 aliphatic heterocycles. The second-order valence-corrected chi connectivity index (χ2v) is 3.84. The first-order valence-electron chi connectivity index (χ1n) is 5.87. The van der Waals surface area contributed by atoms with E-state index in [9.17, 15) is 13.2 Å². The van der Waals surface area contributed by atoms with E-state index in [2.05, 4.69) is 12.2 Å². The summed E-state index contributed by atoms with van der Waals surface area (Å²) in [6, 6.07) is 0.265. The lowest BCUT2D eigenvalue weighted by Gasteiger charge is -2.17. The van der Waals surface area contributed by atoms with Gasteiger partial charge in [0.1, 0.15) is 0 Å². The van der Waals surface area contributed by atoms with Crippen LogP contribution in [0.5, 0.6) is 0 Å². The maximum atomic E-state index is 11.8. The van der Waals surface area contributed by atoms with E-state index < -0.39 is 12.6 Å². The van der Waals surface area contributed by atoms with Gasteiger partial charge in [0.05, 0.1) is 6.61 Å². The Hall–Kier alpha value is -0.290. The zero-order valence-electron chi connectivity index (χ0n) is 10.1. The Labute approximate surface area is 95.5 Å². The molecule has 0 aliphatic carbocycles. The second kappa shape index (κ2) is 8.82. The Bertz CT molecular complexity index is 156. The van der Waals surface area contributed by atoms with Crippen LogP contribution in [0.2, 0.25) is 0 Å². The fraction of sp³-hybridized carbons (Fsp3) is 1.00.